The molecule has 13 heteroatoms. The minimum Gasteiger partial charge on any atom is -0.481 e. The van der Waals surface area contributed by atoms with Gasteiger partial charge in [-0.25, -0.2) is 4.79 Å². The zero-order chi connectivity index (χ0) is 26.4. The molecule has 0 aromatic rings. The summed E-state index contributed by atoms with van der Waals surface area (Å²) in [4.78, 5) is 60.4. The number of carbonyl (C=O) groups is 5. The molecule has 0 saturated carbocycles. The van der Waals surface area contributed by atoms with Crippen molar-refractivity contribution in [2.24, 2.45) is 17.4 Å². The molecular formula is C21H39N5O8. The zero-order valence-electron chi connectivity index (χ0n) is 20.0. The van der Waals surface area contributed by atoms with E-state index in [0.717, 1.165) is 0 Å². The molecule has 196 valence electrons. The summed E-state index contributed by atoms with van der Waals surface area (Å²) < 4.78 is 0. The minimum atomic E-state index is -1.35. The quantitative estimate of drug-likeness (QED) is 0.107. The molecule has 5 unspecified atom stereocenters. The third kappa shape index (κ3) is 12.5. The van der Waals surface area contributed by atoms with Gasteiger partial charge in [0.2, 0.25) is 17.7 Å². The molecule has 3 amide bonds. The molecule has 34 heavy (non-hydrogen) atoms. The highest BCUT2D eigenvalue weighted by molar-refractivity contribution is 5.94. The van der Waals surface area contributed by atoms with Crippen molar-refractivity contribution in [3.8, 4) is 0 Å². The number of hydrogen-bond donors (Lipinski definition) is 8. The van der Waals surface area contributed by atoms with E-state index in [9.17, 15) is 34.2 Å². The topological polar surface area (TPSA) is 234 Å². The van der Waals surface area contributed by atoms with Crippen molar-refractivity contribution >= 4 is 29.7 Å². The Balaban J connectivity index is 5.52. The minimum absolute atomic E-state index is 0.0627. The van der Waals surface area contributed by atoms with Crippen LogP contribution >= 0.6 is 0 Å². The maximum absolute atomic E-state index is 12.9. The van der Waals surface area contributed by atoms with E-state index in [4.69, 9.17) is 16.6 Å². The van der Waals surface area contributed by atoms with Gasteiger partial charge in [0.05, 0.1) is 6.10 Å². The lowest BCUT2D eigenvalue weighted by Crippen LogP contribution is -2.58. The number of rotatable bonds is 17. The highest BCUT2D eigenvalue weighted by atomic mass is 16.4. The highest BCUT2D eigenvalue weighted by Gasteiger charge is 2.31. The molecule has 0 bridgehead atoms. The van der Waals surface area contributed by atoms with Crippen LogP contribution in [-0.2, 0) is 24.0 Å². The van der Waals surface area contributed by atoms with E-state index >= 15 is 0 Å². The first-order valence-corrected chi connectivity index (χ1v) is 11.3. The number of carboxylic acid groups (broad SMARTS) is 2. The molecule has 0 aliphatic rings. The molecule has 5 atom stereocenters. The normalized spacial score (nSPS) is 15.5. The number of unbranched alkanes of at least 4 members (excludes halogenated alkanes) is 1. The van der Waals surface area contributed by atoms with E-state index in [0.29, 0.717) is 19.4 Å². The van der Waals surface area contributed by atoms with Gasteiger partial charge in [0, 0.05) is 6.42 Å². The number of nitrogens with one attached hydrogen (secondary N) is 3. The summed E-state index contributed by atoms with van der Waals surface area (Å²) in [6.45, 7) is 5.27. The summed E-state index contributed by atoms with van der Waals surface area (Å²) in [5.74, 6) is -4.90. The lowest BCUT2D eigenvalue weighted by molar-refractivity contribution is -0.142. The Morgan fingerprint density at radius 3 is 1.79 bits per heavy atom. The molecule has 0 spiro atoms. The lowest BCUT2D eigenvalue weighted by Gasteiger charge is -2.26. The van der Waals surface area contributed by atoms with Crippen molar-refractivity contribution in [1.82, 2.24) is 16.0 Å². The summed E-state index contributed by atoms with van der Waals surface area (Å²) in [6, 6.07) is -4.98. The maximum Gasteiger partial charge on any atom is 0.326 e. The number of nitrogens with two attached hydrogens (primary N) is 2. The molecule has 13 nitrogen and oxygen atoms in total. The number of hydrogen-bond acceptors (Lipinski definition) is 8. The van der Waals surface area contributed by atoms with Gasteiger partial charge in [0.25, 0.3) is 0 Å². The van der Waals surface area contributed by atoms with Gasteiger partial charge in [0.1, 0.15) is 24.2 Å². The van der Waals surface area contributed by atoms with Crippen molar-refractivity contribution in [1.29, 1.82) is 0 Å². The van der Waals surface area contributed by atoms with Crippen LogP contribution in [0.2, 0.25) is 0 Å². The molecule has 0 heterocycles. The van der Waals surface area contributed by atoms with Crippen LogP contribution in [0.5, 0.6) is 0 Å². The molecule has 10 N–H and O–H groups in total. The maximum atomic E-state index is 12.9. The fourth-order valence-electron chi connectivity index (χ4n) is 3.02. The van der Waals surface area contributed by atoms with E-state index in [1.165, 1.54) is 6.92 Å². The molecule has 0 radical (unpaired) electrons. The monoisotopic (exact) mass is 489 g/mol. The van der Waals surface area contributed by atoms with Crippen LogP contribution in [0.3, 0.4) is 0 Å². The highest BCUT2D eigenvalue weighted by Crippen LogP contribution is 2.09. The van der Waals surface area contributed by atoms with Crippen molar-refractivity contribution in [2.45, 2.75) is 89.6 Å². The van der Waals surface area contributed by atoms with E-state index in [1.54, 1.807) is 13.8 Å². The van der Waals surface area contributed by atoms with Gasteiger partial charge in [-0.3, -0.25) is 19.2 Å². The Hall–Kier alpha value is -2.77. The molecule has 0 aromatic carbocycles. The summed E-state index contributed by atoms with van der Waals surface area (Å²) in [7, 11) is 0. The summed E-state index contributed by atoms with van der Waals surface area (Å²) in [6.07, 6.45) is -0.547. The van der Waals surface area contributed by atoms with E-state index in [-0.39, 0.29) is 25.2 Å². The van der Waals surface area contributed by atoms with Crippen molar-refractivity contribution < 1.29 is 39.3 Å². The molecule has 0 aliphatic carbocycles. The van der Waals surface area contributed by atoms with Crippen LogP contribution in [0.1, 0.15) is 59.3 Å². The van der Waals surface area contributed by atoms with E-state index < -0.39 is 66.4 Å². The average molecular weight is 490 g/mol. The third-order valence-electron chi connectivity index (χ3n) is 5.00. The van der Waals surface area contributed by atoms with Gasteiger partial charge in [0.15, 0.2) is 0 Å². The van der Waals surface area contributed by atoms with Crippen molar-refractivity contribution in [3.63, 3.8) is 0 Å². The van der Waals surface area contributed by atoms with Gasteiger partial charge in [-0.1, -0.05) is 13.8 Å². The summed E-state index contributed by atoms with van der Waals surface area (Å²) in [5.41, 5.74) is 11.0. The Morgan fingerprint density at radius 1 is 0.794 bits per heavy atom. The first-order chi connectivity index (χ1) is 15.8. The van der Waals surface area contributed by atoms with Crippen molar-refractivity contribution in [2.75, 3.05) is 6.54 Å². The number of carbonyl (C=O) groups excluding carboxylic acids is 3. The van der Waals surface area contributed by atoms with Gasteiger partial charge < -0.3 is 42.7 Å². The predicted molar refractivity (Wildman–Crippen MR) is 122 cm³/mol. The zero-order valence-corrected chi connectivity index (χ0v) is 20.0. The third-order valence-corrected chi connectivity index (χ3v) is 5.00. The van der Waals surface area contributed by atoms with Crippen LogP contribution in [0.15, 0.2) is 0 Å². The second-order valence-electron chi connectivity index (χ2n) is 8.63. The van der Waals surface area contributed by atoms with Crippen LogP contribution < -0.4 is 27.4 Å². The second kappa shape index (κ2) is 16.0. The standard InChI is InChI=1S/C21H39N5O8/c1-11(2)10-15(19(31)25-14(21(33)34)6-4-5-9-22)26-18(30)13(7-8-16(28)29)24-20(32)17(23)12(3)27/h11-15,17,27H,4-10,22-23H2,1-3H3,(H,24,32)(H,25,31)(H,26,30)(H,28,29)(H,33,34). The van der Waals surface area contributed by atoms with Gasteiger partial charge >= 0.3 is 11.9 Å². The fraction of sp³-hybridized carbons (Fsp3) is 0.762. The SMILES string of the molecule is CC(C)CC(NC(=O)C(CCC(=O)O)NC(=O)C(N)C(C)O)C(=O)NC(CCCCN)C(=O)O. The Labute approximate surface area is 199 Å². The van der Waals surface area contributed by atoms with Crippen LogP contribution in [0, 0.1) is 5.92 Å². The summed E-state index contributed by atoms with van der Waals surface area (Å²) in [5, 5.41) is 35.1. The van der Waals surface area contributed by atoms with Crippen LogP contribution in [0.25, 0.3) is 0 Å². The Bertz CT molecular complexity index is 701. The van der Waals surface area contributed by atoms with E-state index in [2.05, 4.69) is 16.0 Å². The molecule has 0 fully saturated rings. The molecule has 0 rings (SSSR count). The van der Waals surface area contributed by atoms with Crippen LogP contribution in [-0.4, -0.2) is 81.8 Å². The predicted octanol–water partition coefficient (Wildman–Crippen LogP) is -1.73. The Kier molecular flexibility index (Phi) is 14.7. The smallest absolute Gasteiger partial charge is 0.326 e. The molecular weight excluding hydrogens is 450 g/mol. The molecule has 0 aromatic heterocycles. The van der Waals surface area contributed by atoms with Crippen molar-refractivity contribution in [3.05, 3.63) is 0 Å². The number of carboxylic acids is 2. The van der Waals surface area contributed by atoms with Gasteiger partial charge in [-0.05, 0) is 51.5 Å². The second-order valence-corrected chi connectivity index (χ2v) is 8.63. The first kappa shape index (κ1) is 31.2. The van der Waals surface area contributed by atoms with Gasteiger partial charge in [-0.2, -0.15) is 0 Å². The average Bonchev–Trinajstić information content (AvgIpc) is 2.73. The van der Waals surface area contributed by atoms with E-state index in [1.807, 2.05) is 0 Å². The number of amides is 3. The molecule has 0 aliphatic heterocycles. The Morgan fingerprint density at radius 2 is 1.32 bits per heavy atom. The first-order valence-electron chi connectivity index (χ1n) is 11.3. The number of aliphatic hydroxyl groups is 1. The van der Waals surface area contributed by atoms with Gasteiger partial charge in [-0.15, -0.1) is 0 Å². The number of aliphatic hydroxyl groups excluding tert-OH is 1. The largest absolute Gasteiger partial charge is 0.481 e. The summed E-state index contributed by atoms with van der Waals surface area (Å²) >= 11 is 0. The number of aliphatic carboxylic acids is 2. The van der Waals surface area contributed by atoms with Crippen LogP contribution in [0.4, 0.5) is 0 Å². The molecule has 0 saturated heterocycles. The fourth-order valence-corrected chi connectivity index (χ4v) is 3.02. The lowest BCUT2D eigenvalue weighted by atomic mass is 10.0.